The van der Waals surface area contributed by atoms with Gasteiger partial charge in [-0.15, -0.1) is 0 Å². The summed E-state index contributed by atoms with van der Waals surface area (Å²) < 4.78 is 5.41. The molecule has 116 valence electrons. The summed E-state index contributed by atoms with van der Waals surface area (Å²) in [6, 6.07) is 10.2. The maximum absolute atomic E-state index is 12.0. The number of nitrogens with zero attached hydrogens (tertiary/aromatic N) is 1. The van der Waals surface area contributed by atoms with Crippen LogP contribution in [0.1, 0.15) is 45.2 Å². The average Bonchev–Trinajstić information content (AvgIpc) is 2.46. The third-order valence-corrected chi connectivity index (χ3v) is 3.88. The van der Waals surface area contributed by atoms with Gasteiger partial charge in [0.1, 0.15) is 5.60 Å². The van der Waals surface area contributed by atoms with Crippen molar-refractivity contribution in [2.45, 2.75) is 45.3 Å². The number of carbonyl (C=O) groups excluding carboxylic acids is 1. The summed E-state index contributed by atoms with van der Waals surface area (Å²) in [5.41, 5.74) is 7.10. The molecular formula is C17H26N2O2. The standard InChI is InChI=1S/C17H26N2O2/c1-17(2,3)21-16(20)19-11-9-14(10-12-19)15(18)13-7-5-4-6-8-13/h4-8,14-15H,9-12,18H2,1-3H3/t15-/m1/s1. The van der Waals surface area contributed by atoms with Crippen LogP contribution in [0.2, 0.25) is 0 Å². The van der Waals surface area contributed by atoms with Gasteiger partial charge in [0.25, 0.3) is 0 Å². The minimum atomic E-state index is -0.436. The first-order valence-electron chi connectivity index (χ1n) is 7.65. The highest BCUT2D eigenvalue weighted by Gasteiger charge is 2.29. The maximum Gasteiger partial charge on any atom is 0.410 e. The molecule has 0 aromatic heterocycles. The summed E-state index contributed by atoms with van der Waals surface area (Å²) in [6.45, 7) is 7.12. The third-order valence-electron chi connectivity index (χ3n) is 3.88. The number of nitrogens with two attached hydrogens (primary N) is 1. The molecular weight excluding hydrogens is 264 g/mol. The first kappa shape index (κ1) is 15.8. The number of carbonyl (C=O) groups is 1. The van der Waals surface area contributed by atoms with Crippen molar-refractivity contribution in [1.29, 1.82) is 0 Å². The van der Waals surface area contributed by atoms with E-state index in [1.54, 1.807) is 4.90 Å². The third kappa shape index (κ3) is 4.46. The van der Waals surface area contributed by atoms with Gasteiger partial charge in [0.15, 0.2) is 0 Å². The van der Waals surface area contributed by atoms with Crippen molar-refractivity contribution in [3.05, 3.63) is 35.9 Å². The summed E-state index contributed by atoms with van der Waals surface area (Å²) in [6.07, 6.45) is 1.64. The van der Waals surface area contributed by atoms with Crippen LogP contribution >= 0.6 is 0 Å². The molecule has 0 bridgehead atoms. The van der Waals surface area contributed by atoms with E-state index in [9.17, 15) is 4.79 Å². The van der Waals surface area contributed by atoms with Gasteiger partial charge in [-0.05, 0) is 45.1 Å². The highest BCUT2D eigenvalue weighted by atomic mass is 16.6. The maximum atomic E-state index is 12.0. The number of hydrogen-bond acceptors (Lipinski definition) is 3. The lowest BCUT2D eigenvalue weighted by atomic mass is 9.86. The van der Waals surface area contributed by atoms with Crippen molar-refractivity contribution in [1.82, 2.24) is 4.90 Å². The van der Waals surface area contributed by atoms with E-state index in [0.717, 1.165) is 25.9 Å². The van der Waals surface area contributed by atoms with Gasteiger partial charge in [0.05, 0.1) is 0 Å². The van der Waals surface area contributed by atoms with Crippen LogP contribution in [-0.4, -0.2) is 29.7 Å². The number of ether oxygens (including phenoxy) is 1. The van der Waals surface area contributed by atoms with E-state index < -0.39 is 5.60 Å². The molecule has 0 saturated carbocycles. The number of likely N-dealkylation sites (tertiary alicyclic amines) is 1. The summed E-state index contributed by atoms with van der Waals surface area (Å²) in [7, 11) is 0. The topological polar surface area (TPSA) is 55.6 Å². The Hall–Kier alpha value is -1.55. The molecule has 1 heterocycles. The average molecular weight is 290 g/mol. The number of amides is 1. The molecule has 4 nitrogen and oxygen atoms in total. The molecule has 1 fully saturated rings. The normalized spacial score (nSPS) is 18.4. The van der Waals surface area contributed by atoms with Crippen LogP contribution < -0.4 is 5.73 Å². The number of rotatable bonds is 2. The Kier molecular flexibility index (Phi) is 4.88. The molecule has 2 rings (SSSR count). The van der Waals surface area contributed by atoms with Crippen molar-refractivity contribution in [2.75, 3.05) is 13.1 Å². The second-order valence-corrected chi connectivity index (χ2v) is 6.74. The number of benzene rings is 1. The van der Waals surface area contributed by atoms with Crippen molar-refractivity contribution < 1.29 is 9.53 Å². The number of piperidine rings is 1. The molecule has 0 spiro atoms. The van der Waals surface area contributed by atoms with E-state index in [0.29, 0.717) is 5.92 Å². The van der Waals surface area contributed by atoms with E-state index in [-0.39, 0.29) is 12.1 Å². The molecule has 1 atom stereocenters. The molecule has 1 aliphatic heterocycles. The van der Waals surface area contributed by atoms with Crippen molar-refractivity contribution in [3.63, 3.8) is 0 Å². The van der Waals surface area contributed by atoms with Crippen LogP contribution in [0.25, 0.3) is 0 Å². The number of hydrogen-bond donors (Lipinski definition) is 1. The minimum absolute atomic E-state index is 0.0481. The van der Waals surface area contributed by atoms with Crippen molar-refractivity contribution in [2.24, 2.45) is 11.7 Å². The van der Waals surface area contributed by atoms with Crippen LogP contribution in [0.3, 0.4) is 0 Å². The smallest absolute Gasteiger partial charge is 0.410 e. The quantitative estimate of drug-likeness (QED) is 0.909. The zero-order valence-electron chi connectivity index (χ0n) is 13.2. The predicted molar refractivity (Wildman–Crippen MR) is 83.9 cm³/mol. The first-order valence-corrected chi connectivity index (χ1v) is 7.65. The van der Waals surface area contributed by atoms with E-state index in [2.05, 4.69) is 12.1 Å². The van der Waals surface area contributed by atoms with Crippen LogP contribution in [0.5, 0.6) is 0 Å². The largest absolute Gasteiger partial charge is 0.444 e. The Balaban J connectivity index is 1.87. The molecule has 4 heteroatoms. The van der Waals surface area contributed by atoms with Crippen molar-refractivity contribution >= 4 is 6.09 Å². The van der Waals surface area contributed by atoms with Gasteiger partial charge in [0, 0.05) is 19.1 Å². The summed E-state index contributed by atoms with van der Waals surface area (Å²) in [5.74, 6) is 0.422. The monoisotopic (exact) mass is 290 g/mol. The van der Waals surface area contributed by atoms with E-state index in [4.69, 9.17) is 10.5 Å². The van der Waals surface area contributed by atoms with E-state index in [1.165, 1.54) is 5.56 Å². The van der Waals surface area contributed by atoms with Gasteiger partial charge in [0.2, 0.25) is 0 Å². The SMILES string of the molecule is CC(C)(C)OC(=O)N1CCC([C@H](N)c2ccccc2)CC1. The van der Waals surface area contributed by atoms with Gasteiger partial charge in [-0.1, -0.05) is 30.3 Å². The highest BCUT2D eigenvalue weighted by Crippen LogP contribution is 2.29. The molecule has 0 unspecified atom stereocenters. The lowest BCUT2D eigenvalue weighted by Crippen LogP contribution is -2.43. The predicted octanol–water partition coefficient (Wildman–Crippen LogP) is 3.33. The van der Waals surface area contributed by atoms with Gasteiger partial charge < -0.3 is 15.4 Å². The lowest BCUT2D eigenvalue weighted by Gasteiger charge is -2.35. The molecule has 1 aromatic carbocycles. The van der Waals surface area contributed by atoms with Crippen LogP contribution in [0, 0.1) is 5.92 Å². The summed E-state index contributed by atoms with van der Waals surface area (Å²) in [5, 5.41) is 0. The van der Waals surface area contributed by atoms with Gasteiger partial charge in [-0.25, -0.2) is 4.79 Å². The minimum Gasteiger partial charge on any atom is -0.444 e. The van der Waals surface area contributed by atoms with Gasteiger partial charge in [-0.2, -0.15) is 0 Å². The second kappa shape index (κ2) is 6.48. The van der Waals surface area contributed by atoms with E-state index >= 15 is 0 Å². The van der Waals surface area contributed by atoms with Gasteiger partial charge in [-0.3, -0.25) is 0 Å². The molecule has 0 radical (unpaired) electrons. The second-order valence-electron chi connectivity index (χ2n) is 6.74. The van der Waals surface area contributed by atoms with Crippen LogP contribution in [0.4, 0.5) is 4.79 Å². The zero-order chi connectivity index (χ0) is 15.5. The Morgan fingerprint density at radius 2 is 1.81 bits per heavy atom. The fraction of sp³-hybridized carbons (Fsp3) is 0.588. The summed E-state index contributed by atoms with van der Waals surface area (Å²) >= 11 is 0. The Morgan fingerprint density at radius 3 is 2.33 bits per heavy atom. The molecule has 1 saturated heterocycles. The molecule has 0 aliphatic carbocycles. The Bertz CT molecular complexity index is 459. The zero-order valence-corrected chi connectivity index (χ0v) is 13.2. The fourth-order valence-electron chi connectivity index (χ4n) is 2.72. The first-order chi connectivity index (χ1) is 9.87. The molecule has 1 aromatic rings. The lowest BCUT2D eigenvalue weighted by molar-refractivity contribution is 0.0174. The molecule has 1 aliphatic rings. The highest BCUT2D eigenvalue weighted by molar-refractivity contribution is 5.68. The van der Waals surface area contributed by atoms with Crippen molar-refractivity contribution in [3.8, 4) is 0 Å². The molecule has 21 heavy (non-hydrogen) atoms. The van der Waals surface area contributed by atoms with Gasteiger partial charge >= 0.3 is 6.09 Å². The summed E-state index contributed by atoms with van der Waals surface area (Å²) in [4.78, 5) is 13.8. The Labute approximate surface area is 127 Å². The van der Waals surface area contributed by atoms with E-state index in [1.807, 2.05) is 39.0 Å². The fourth-order valence-corrected chi connectivity index (χ4v) is 2.72. The van der Waals surface area contributed by atoms with Crippen LogP contribution in [0.15, 0.2) is 30.3 Å². The Morgan fingerprint density at radius 1 is 1.24 bits per heavy atom. The molecule has 1 amide bonds. The van der Waals surface area contributed by atoms with Crippen LogP contribution in [-0.2, 0) is 4.74 Å². The molecule has 2 N–H and O–H groups in total.